The second kappa shape index (κ2) is 3.94. The van der Waals surface area contributed by atoms with Gasteiger partial charge in [0.1, 0.15) is 0 Å². The monoisotopic (exact) mass is 142 g/mol. The molecule has 0 aromatic heterocycles. The second-order valence-corrected chi connectivity index (χ2v) is 3.22. The highest BCUT2D eigenvalue weighted by Gasteiger charge is 2.11. The molecule has 1 aliphatic rings. The molecular weight excluding hydrogens is 124 g/mol. The van der Waals surface area contributed by atoms with Crippen molar-refractivity contribution in [3.63, 3.8) is 0 Å². The molecule has 2 nitrogen and oxygen atoms in total. The Kier molecular flexibility index (Phi) is 3.16. The van der Waals surface area contributed by atoms with E-state index in [0.717, 1.165) is 6.04 Å². The highest BCUT2D eigenvalue weighted by Crippen LogP contribution is 2.08. The molecule has 0 spiro atoms. The van der Waals surface area contributed by atoms with Crippen LogP contribution >= 0.6 is 0 Å². The van der Waals surface area contributed by atoms with Crippen molar-refractivity contribution in [1.29, 1.82) is 0 Å². The lowest BCUT2D eigenvalue weighted by Gasteiger charge is -2.13. The van der Waals surface area contributed by atoms with Crippen LogP contribution in [0.25, 0.3) is 0 Å². The van der Waals surface area contributed by atoms with E-state index in [-0.39, 0.29) is 0 Å². The largest absolute Gasteiger partial charge is 0.317 e. The third-order valence-corrected chi connectivity index (χ3v) is 2.36. The molecule has 0 aliphatic carbocycles. The third kappa shape index (κ3) is 2.27. The summed E-state index contributed by atoms with van der Waals surface area (Å²) in [6.45, 7) is 2.53. The molecule has 0 radical (unpaired) electrons. The topological polar surface area (TPSA) is 15.3 Å². The van der Waals surface area contributed by atoms with Crippen molar-refractivity contribution in [2.24, 2.45) is 0 Å². The Labute approximate surface area is 63.6 Å². The second-order valence-electron chi connectivity index (χ2n) is 3.22. The van der Waals surface area contributed by atoms with Gasteiger partial charge in [0.15, 0.2) is 0 Å². The molecular formula is C8H18N2. The predicted molar refractivity (Wildman–Crippen MR) is 44.2 cm³/mol. The summed E-state index contributed by atoms with van der Waals surface area (Å²) in [6, 6.07) is 0.768. The molecule has 0 aromatic rings. The maximum absolute atomic E-state index is 3.34. The van der Waals surface area contributed by atoms with Crippen molar-refractivity contribution >= 4 is 0 Å². The lowest BCUT2D eigenvalue weighted by atomic mass is 10.1. The maximum Gasteiger partial charge on any atom is 0.00767 e. The molecule has 1 atom stereocenters. The van der Waals surface area contributed by atoms with Crippen LogP contribution in [0.4, 0.5) is 0 Å². The zero-order valence-corrected chi connectivity index (χ0v) is 7.06. The maximum atomic E-state index is 3.34. The van der Waals surface area contributed by atoms with Gasteiger partial charge in [-0.15, -0.1) is 0 Å². The molecule has 1 heterocycles. The Morgan fingerprint density at radius 3 is 2.80 bits per heavy atom. The average Bonchev–Trinajstić information content (AvgIpc) is 2.14. The van der Waals surface area contributed by atoms with E-state index in [9.17, 15) is 0 Å². The molecule has 1 aliphatic heterocycles. The highest BCUT2D eigenvalue weighted by atomic mass is 15.1. The van der Waals surface area contributed by atoms with Crippen LogP contribution < -0.4 is 5.32 Å². The molecule has 60 valence electrons. The van der Waals surface area contributed by atoms with Crippen molar-refractivity contribution in [1.82, 2.24) is 10.2 Å². The van der Waals surface area contributed by atoms with Gasteiger partial charge in [-0.05, 0) is 46.4 Å². The van der Waals surface area contributed by atoms with Gasteiger partial charge in [0, 0.05) is 6.04 Å². The van der Waals surface area contributed by atoms with Crippen LogP contribution in [0.2, 0.25) is 0 Å². The summed E-state index contributed by atoms with van der Waals surface area (Å²) in [5.41, 5.74) is 0. The fourth-order valence-electron chi connectivity index (χ4n) is 1.53. The standard InChI is InChI=1S/C8H18N2/c1-9-8-4-3-6-10(2)7-5-8/h8-9H,3-7H2,1-2H3/t8-/m1/s1. The van der Waals surface area contributed by atoms with Gasteiger partial charge >= 0.3 is 0 Å². The van der Waals surface area contributed by atoms with E-state index < -0.39 is 0 Å². The van der Waals surface area contributed by atoms with Gasteiger partial charge in [0.2, 0.25) is 0 Å². The lowest BCUT2D eigenvalue weighted by Crippen LogP contribution is -2.26. The van der Waals surface area contributed by atoms with Gasteiger partial charge < -0.3 is 10.2 Å². The Morgan fingerprint density at radius 1 is 1.30 bits per heavy atom. The Bertz CT molecular complexity index is 93.3. The van der Waals surface area contributed by atoms with E-state index in [1.54, 1.807) is 0 Å². The van der Waals surface area contributed by atoms with Gasteiger partial charge in [0.25, 0.3) is 0 Å². The van der Waals surface area contributed by atoms with Crippen LogP contribution in [-0.4, -0.2) is 38.1 Å². The normalized spacial score (nSPS) is 30.0. The molecule has 0 aromatic carbocycles. The van der Waals surface area contributed by atoms with Crippen LogP contribution in [0.1, 0.15) is 19.3 Å². The summed E-state index contributed by atoms with van der Waals surface area (Å²) in [5, 5.41) is 3.34. The van der Waals surface area contributed by atoms with E-state index in [4.69, 9.17) is 0 Å². The molecule has 1 N–H and O–H groups in total. The quantitative estimate of drug-likeness (QED) is 0.579. The van der Waals surface area contributed by atoms with Gasteiger partial charge in [-0.3, -0.25) is 0 Å². The van der Waals surface area contributed by atoms with Crippen molar-refractivity contribution < 1.29 is 0 Å². The highest BCUT2D eigenvalue weighted by molar-refractivity contribution is 4.71. The van der Waals surface area contributed by atoms with Crippen molar-refractivity contribution in [2.75, 3.05) is 27.2 Å². The molecule has 10 heavy (non-hydrogen) atoms. The van der Waals surface area contributed by atoms with Gasteiger partial charge in [-0.25, -0.2) is 0 Å². The van der Waals surface area contributed by atoms with Crippen LogP contribution in [0.3, 0.4) is 0 Å². The van der Waals surface area contributed by atoms with Crippen LogP contribution in [0.15, 0.2) is 0 Å². The zero-order chi connectivity index (χ0) is 7.40. The summed E-state index contributed by atoms with van der Waals surface area (Å²) in [5.74, 6) is 0. The number of nitrogens with zero attached hydrogens (tertiary/aromatic N) is 1. The number of nitrogens with one attached hydrogen (secondary N) is 1. The summed E-state index contributed by atoms with van der Waals surface area (Å²) in [7, 11) is 4.27. The van der Waals surface area contributed by atoms with Crippen molar-refractivity contribution in [3.8, 4) is 0 Å². The molecule has 0 amide bonds. The number of hydrogen-bond acceptors (Lipinski definition) is 2. The number of rotatable bonds is 1. The minimum atomic E-state index is 0.768. The first-order valence-electron chi connectivity index (χ1n) is 4.18. The van der Waals surface area contributed by atoms with Crippen LogP contribution in [-0.2, 0) is 0 Å². The van der Waals surface area contributed by atoms with Gasteiger partial charge in [-0.2, -0.15) is 0 Å². The first-order valence-corrected chi connectivity index (χ1v) is 4.18. The Hall–Kier alpha value is -0.0800. The molecule has 1 saturated heterocycles. The van der Waals surface area contributed by atoms with Crippen LogP contribution in [0.5, 0.6) is 0 Å². The minimum Gasteiger partial charge on any atom is -0.317 e. The molecule has 1 fully saturated rings. The smallest absolute Gasteiger partial charge is 0.00767 e. The Balaban J connectivity index is 2.26. The average molecular weight is 142 g/mol. The van der Waals surface area contributed by atoms with Crippen LogP contribution in [0, 0.1) is 0 Å². The van der Waals surface area contributed by atoms with Crippen molar-refractivity contribution in [3.05, 3.63) is 0 Å². The zero-order valence-electron chi connectivity index (χ0n) is 7.06. The Morgan fingerprint density at radius 2 is 2.10 bits per heavy atom. The molecule has 2 heteroatoms. The first kappa shape index (κ1) is 8.02. The minimum absolute atomic E-state index is 0.768. The molecule has 0 saturated carbocycles. The molecule has 0 bridgehead atoms. The molecule has 1 rings (SSSR count). The number of hydrogen-bond donors (Lipinski definition) is 1. The first-order chi connectivity index (χ1) is 4.83. The van der Waals surface area contributed by atoms with Crippen molar-refractivity contribution in [2.45, 2.75) is 25.3 Å². The fourth-order valence-corrected chi connectivity index (χ4v) is 1.53. The van der Waals surface area contributed by atoms with E-state index >= 15 is 0 Å². The number of likely N-dealkylation sites (tertiary alicyclic amines) is 1. The van der Waals surface area contributed by atoms with Gasteiger partial charge in [0.05, 0.1) is 0 Å². The SMILES string of the molecule is CN[C@@H]1CCCN(C)CC1. The lowest BCUT2D eigenvalue weighted by molar-refractivity contribution is 0.345. The summed E-state index contributed by atoms with van der Waals surface area (Å²) >= 11 is 0. The van der Waals surface area contributed by atoms with E-state index in [2.05, 4.69) is 24.3 Å². The van der Waals surface area contributed by atoms with E-state index in [0.29, 0.717) is 0 Å². The third-order valence-electron chi connectivity index (χ3n) is 2.36. The van der Waals surface area contributed by atoms with E-state index in [1.807, 2.05) is 0 Å². The summed E-state index contributed by atoms with van der Waals surface area (Å²) in [4.78, 5) is 2.41. The summed E-state index contributed by atoms with van der Waals surface area (Å²) < 4.78 is 0. The summed E-state index contributed by atoms with van der Waals surface area (Å²) in [6.07, 6.45) is 4.01. The van der Waals surface area contributed by atoms with Gasteiger partial charge in [-0.1, -0.05) is 0 Å². The molecule has 0 unspecified atom stereocenters. The van der Waals surface area contributed by atoms with E-state index in [1.165, 1.54) is 32.4 Å². The predicted octanol–water partition coefficient (Wildman–Crippen LogP) is 0.690. The fraction of sp³-hybridized carbons (Fsp3) is 1.00.